The van der Waals surface area contributed by atoms with Gasteiger partial charge in [0.15, 0.2) is 0 Å². The van der Waals surface area contributed by atoms with Gasteiger partial charge in [-0.2, -0.15) is 0 Å². The average molecular weight is 243 g/mol. The summed E-state index contributed by atoms with van der Waals surface area (Å²) in [6.07, 6.45) is 6.89. The zero-order valence-electron chi connectivity index (χ0n) is 10.9. The highest BCUT2D eigenvalue weighted by molar-refractivity contribution is 5.71. The number of ether oxygens (including phenoxy) is 1. The van der Waals surface area contributed by atoms with Crippen molar-refractivity contribution in [2.24, 2.45) is 0 Å². The Bertz CT molecular complexity index is 215. The molecule has 0 radical (unpaired) electrons. The van der Waals surface area contributed by atoms with E-state index in [4.69, 9.17) is 9.84 Å². The minimum atomic E-state index is -0.143. The first kappa shape index (κ1) is 14.5. The van der Waals surface area contributed by atoms with Gasteiger partial charge < -0.3 is 9.84 Å². The largest absolute Gasteiger partial charge is 0.465 e. The summed E-state index contributed by atoms with van der Waals surface area (Å²) < 4.78 is 5.00. The fourth-order valence-corrected chi connectivity index (χ4v) is 2.48. The number of nitrogens with zero attached hydrogens (tertiary/aromatic N) is 1. The Kier molecular flexibility index (Phi) is 7.21. The van der Waals surface area contributed by atoms with E-state index in [0.717, 1.165) is 13.0 Å². The van der Waals surface area contributed by atoms with E-state index in [-0.39, 0.29) is 12.6 Å². The monoisotopic (exact) mass is 243 g/mol. The van der Waals surface area contributed by atoms with Gasteiger partial charge in [-0.1, -0.05) is 19.3 Å². The normalized spacial score (nSPS) is 17.4. The lowest BCUT2D eigenvalue weighted by Gasteiger charge is -2.33. The van der Waals surface area contributed by atoms with Crippen molar-refractivity contribution in [3.8, 4) is 0 Å². The first-order valence-electron chi connectivity index (χ1n) is 6.78. The van der Waals surface area contributed by atoms with E-state index in [2.05, 4.69) is 4.90 Å². The van der Waals surface area contributed by atoms with Crippen molar-refractivity contribution in [1.82, 2.24) is 4.90 Å². The van der Waals surface area contributed by atoms with Crippen molar-refractivity contribution in [2.75, 3.05) is 26.3 Å². The molecule has 1 N–H and O–H groups in total. The first-order chi connectivity index (χ1) is 8.27. The quantitative estimate of drug-likeness (QED) is 0.690. The van der Waals surface area contributed by atoms with Gasteiger partial charge in [-0.15, -0.1) is 0 Å². The summed E-state index contributed by atoms with van der Waals surface area (Å²) in [5.41, 5.74) is 0. The van der Waals surface area contributed by atoms with Gasteiger partial charge in [0.25, 0.3) is 0 Å². The van der Waals surface area contributed by atoms with Crippen molar-refractivity contribution in [1.29, 1.82) is 0 Å². The first-order valence-corrected chi connectivity index (χ1v) is 6.78. The van der Waals surface area contributed by atoms with E-state index < -0.39 is 0 Å². The van der Waals surface area contributed by atoms with Crippen LogP contribution in [0.15, 0.2) is 0 Å². The second-order valence-electron chi connectivity index (χ2n) is 4.64. The molecule has 0 unspecified atom stereocenters. The zero-order valence-corrected chi connectivity index (χ0v) is 10.9. The van der Waals surface area contributed by atoms with Crippen molar-refractivity contribution >= 4 is 5.97 Å². The second-order valence-corrected chi connectivity index (χ2v) is 4.64. The van der Waals surface area contributed by atoms with Crippen LogP contribution in [0.3, 0.4) is 0 Å². The number of aliphatic hydroxyl groups is 1. The molecule has 4 heteroatoms. The highest BCUT2D eigenvalue weighted by atomic mass is 16.5. The lowest BCUT2D eigenvalue weighted by Crippen LogP contribution is -2.41. The Morgan fingerprint density at radius 3 is 2.65 bits per heavy atom. The van der Waals surface area contributed by atoms with Crippen LogP contribution < -0.4 is 0 Å². The summed E-state index contributed by atoms with van der Waals surface area (Å²) in [5, 5.41) is 8.91. The van der Waals surface area contributed by atoms with Gasteiger partial charge in [-0.05, 0) is 26.2 Å². The minimum absolute atomic E-state index is 0.143. The molecule has 0 atom stereocenters. The van der Waals surface area contributed by atoms with Crippen LogP contribution in [0.25, 0.3) is 0 Å². The molecule has 0 spiro atoms. The molecule has 0 heterocycles. The number of carbonyl (C=O) groups excluding carboxylic acids is 1. The van der Waals surface area contributed by atoms with E-state index in [1.807, 2.05) is 6.92 Å². The molecule has 0 amide bonds. The summed E-state index contributed by atoms with van der Waals surface area (Å²) in [5.74, 6) is -0.143. The highest BCUT2D eigenvalue weighted by Gasteiger charge is 2.22. The van der Waals surface area contributed by atoms with Gasteiger partial charge in [-0.25, -0.2) is 0 Å². The molecule has 0 aromatic rings. The predicted octanol–water partition coefficient (Wildman–Crippen LogP) is 1.57. The fraction of sp³-hybridized carbons (Fsp3) is 0.923. The van der Waals surface area contributed by atoms with Crippen LogP contribution in [0.2, 0.25) is 0 Å². The van der Waals surface area contributed by atoms with Gasteiger partial charge in [0, 0.05) is 19.2 Å². The topological polar surface area (TPSA) is 49.8 Å². The van der Waals surface area contributed by atoms with Gasteiger partial charge in [0.2, 0.25) is 0 Å². The molecular weight excluding hydrogens is 218 g/mol. The van der Waals surface area contributed by atoms with Crippen LogP contribution in [0, 0.1) is 0 Å². The van der Waals surface area contributed by atoms with Crippen LogP contribution in [-0.2, 0) is 9.53 Å². The summed E-state index contributed by atoms with van der Waals surface area (Å²) in [4.78, 5) is 13.7. The predicted molar refractivity (Wildman–Crippen MR) is 66.8 cm³/mol. The van der Waals surface area contributed by atoms with Crippen LogP contribution >= 0.6 is 0 Å². The maximum absolute atomic E-state index is 11.5. The molecule has 1 saturated carbocycles. The van der Waals surface area contributed by atoms with Crippen molar-refractivity contribution in [3.05, 3.63) is 0 Å². The SMILES string of the molecule is CCOC(=O)CN(CCCO)C1CCCCC1. The average Bonchev–Trinajstić information content (AvgIpc) is 2.36. The number of carbonyl (C=O) groups is 1. The smallest absolute Gasteiger partial charge is 0.320 e. The Balaban J connectivity index is 2.43. The van der Waals surface area contributed by atoms with Crippen LogP contribution in [-0.4, -0.2) is 48.3 Å². The van der Waals surface area contributed by atoms with E-state index in [1.165, 1.54) is 32.1 Å². The van der Waals surface area contributed by atoms with E-state index >= 15 is 0 Å². The molecule has 0 saturated heterocycles. The van der Waals surface area contributed by atoms with Gasteiger partial charge in [0.1, 0.15) is 0 Å². The zero-order chi connectivity index (χ0) is 12.5. The molecule has 1 rings (SSSR count). The van der Waals surface area contributed by atoms with Crippen molar-refractivity contribution in [3.63, 3.8) is 0 Å². The molecular formula is C13H25NO3. The number of hydrogen-bond acceptors (Lipinski definition) is 4. The molecule has 0 bridgehead atoms. The lowest BCUT2D eigenvalue weighted by atomic mass is 9.94. The molecule has 1 fully saturated rings. The van der Waals surface area contributed by atoms with Gasteiger partial charge >= 0.3 is 5.97 Å². The van der Waals surface area contributed by atoms with Crippen molar-refractivity contribution < 1.29 is 14.6 Å². The number of rotatable bonds is 7. The van der Waals surface area contributed by atoms with E-state index in [9.17, 15) is 4.79 Å². The summed E-state index contributed by atoms with van der Waals surface area (Å²) in [7, 11) is 0. The molecule has 4 nitrogen and oxygen atoms in total. The molecule has 100 valence electrons. The Morgan fingerprint density at radius 1 is 1.35 bits per heavy atom. The third kappa shape index (κ3) is 5.50. The maximum Gasteiger partial charge on any atom is 0.320 e. The number of esters is 1. The fourth-order valence-electron chi connectivity index (χ4n) is 2.48. The molecule has 17 heavy (non-hydrogen) atoms. The van der Waals surface area contributed by atoms with Crippen LogP contribution in [0.1, 0.15) is 45.4 Å². The number of hydrogen-bond donors (Lipinski definition) is 1. The lowest BCUT2D eigenvalue weighted by molar-refractivity contribution is -0.145. The third-order valence-corrected chi connectivity index (χ3v) is 3.33. The highest BCUT2D eigenvalue weighted by Crippen LogP contribution is 2.22. The molecule has 0 aromatic heterocycles. The van der Waals surface area contributed by atoms with E-state index in [0.29, 0.717) is 19.2 Å². The Morgan fingerprint density at radius 2 is 2.06 bits per heavy atom. The number of aliphatic hydroxyl groups excluding tert-OH is 1. The summed E-state index contributed by atoms with van der Waals surface area (Å²) in [6.45, 7) is 3.62. The standard InChI is InChI=1S/C13H25NO3/c1-2-17-13(16)11-14(9-6-10-15)12-7-4-3-5-8-12/h12,15H,2-11H2,1H3. The molecule has 1 aliphatic rings. The van der Waals surface area contributed by atoms with Gasteiger partial charge in [-0.3, -0.25) is 9.69 Å². The maximum atomic E-state index is 11.5. The molecule has 1 aliphatic carbocycles. The minimum Gasteiger partial charge on any atom is -0.465 e. The van der Waals surface area contributed by atoms with Gasteiger partial charge in [0.05, 0.1) is 13.2 Å². The van der Waals surface area contributed by atoms with Crippen LogP contribution in [0.5, 0.6) is 0 Å². The second kappa shape index (κ2) is 8.48. The van der Waals surface area contributed by atoms with Crippen LogP contribution in [0.4, 0.5) is 0 Å². The third-order valence-electron chi connectivity index (χ3n) is 3.33. The molecule has 0 aliphatic heterocycles. The summed E-state index contributed by atoms with van der Waals surface area (Å²) >= 11 is 0. The summed E-state index contributed by atoms with van der Waals surface area (Å²) in [6, 6.07) is 0.500. The Labute approximate surface area is 104 Å². The van der Waals surface area contributed by atoms with Crippen molar-refractivity contribution in [2.45, 2.75) is 51.5 Å². The molecule has 0 aromatic carbocycles. The van der Waals surface area contributed by atoms with E-state index in [1.54, 1.807) is 0 Å². The Hall–Kier alpha value is -0.610.